The molecule has 1 nitrogen and oxygen atoms in total. The number of hydrogen-bond acceptors (Lipinski definition) is 1. The van der Waals surface area contributed by atoms with Crippen molar-refractivity contribution in [2.75, 3.05) is 0 Å². The van der Waals surface area contributed by atoms with Gasteiger partial charge in [0.05, 0.1) is 5.69 Å². The molecular weight excluding hydrogens is 370 g/mol. The van der Waals surface area contributed by atoms with E-state index in [4.69, 9.17) is 4.98 Å². The van der Waals surface area contributed by atoms with Crippen LogP contribution in [0.15, 0.2) is 53.1 Å². The molecule has 0 saturated carbocycles. The van der Waals surface area contributed by atoms with Crippen LogP contribution in [-0.4, -0.2) is 4.98 Å². The maximum Gasteiger partial charge on any atom is 0.0708 e. The van der Waals surface area contributed by atoms with Gasteiger partial charge in [-0.05, 0) is 64.5 Å². The van der Waals surface area contributed by atoms with Gasteiger partial charge < -0.3 is 0 Å². The van der Waals surface area contributed by atoms with Crippen LogP contribution < -0.4 is 0 Å². The molecule has 1 aliphatic rings. The summed E-state index contributed by atoms with van der Waals surface area (Å²) in [5.41, 5.74) is 5.64. The van der Waals surface area contributed by atoms with Crippen molar-refractivity contribution in [3.8, 4) is 11.3 Å². The van der Waals surface area contributed by atoms with Crippen molar-refractivity contribution in [3.05, 3.63) is 64.3 Å². The molecular formula is C23H24BrN. The highest BCUT2D eigenvalue weighted by Crippen LogP contribution is 2.47. The zero-order chi connectivity index (χ0) is 17.8. The molecule has 4 rings (SSSR count). The Hall–Kier alpha value is -1.67. The summed E-state index contributed by atoms with van der Waals surface area (Å²) in [5.74, 6) is 0. The highest BCUT2D eigenvalue weighted by atomic mass is 79.9. The van der Waals surface area contributed by atoms with E-state index >= 15 is 0 Å². The summed E-state index contributed by atoms with van der Waals surface area (Å²) in [5, 5.41) is 2.53. The molecule has 0 atom stereocenters. The minimum absolute atomic E-state index is 0.234. The Bertz CT molecular complexity index is 969. The van der Waals surface area contributed by atoms with Gasteiger partial charge in [-0.15, -0.1) is 0 Å². The van der Waals surface area contributed by atoms with E-state index in [1.54, 1.807) is 0 Å². The standard InChI is InChI=1S/C23H24BrN/c1-22(2)8-9-23(3,4)20-12-17-14-25-21(13-16(17)11-19(20)22)15-6-5-7-18(24)10-15/h5-7,10-14H,8-9H2,1-4H3. The largest absolute Gasteiger partial charge is 0.256 e. The number of hydrogen-bond donors (Lipinski definition) is 0. The minimum Gasteiger partial charge on any atom is -0.256 e. The molecule has 2 aromatic carbocycles. The fraction of sp³-hybridized carbons (Fsp3) is 0.348. The van der Waals surface area contributed by atoms with E-state index in [1.165, 1.54) is 34.7 Å². The Kier molecular flexibility index (Phi) is 3.81. The maximum atomic E-state index is 4.73. The van der Waals surface area contributed by atoms with Crippen LogP contribution in [-0.2, 0) is 10.8 Å². The number of fused-ring (bicyclic) bond motifs is 2. The second-order valence-electron chi connectivity index (χ2n) is 8.59. The molecule has 128 valence electrons. The Morgan fingerprint density at radius 1 is 0.840 bits per heavy atom. The zero-order valence-electron chi connectivity index (χ0n) is 15.4. The van der Waals surface area contributed by atoms with Gasteiger partial charge in [0.2, 0.25) is 0 Å². The van der Waals surface area contributed by atoms with E-state index < -0.39 is 0 Å². The first-order valence-electron chi connectivity index (χ1n) is 8.97. The van der Waals surface area contributed by atoms with Gasteiger partial charge in [-0.2, -0.15) is 0 Å². The van der Waals surface area contributed by atoms with Crippen molar-refractivity contribution >= 4 is 26.7 Å². The minimum atomic E-state index is 0.234. The second kappa shape index (κ2) is 5.67. The fourth-order valence-corrected chi connectivity index (χ4v) is 4.41. The molecule has 1 heterocycles. The molecule has 0 fully saturated rings. The van der Waals surface area contributed by atoms with Crippen molar-refractivity contribution < 1.29 is 0 Å². The Labute approximate surface area is 158 Å². The molecule has 0 unspecified atom stereocenters. The van der Waals surface area contributed by atoms with Gasteiger partial charge in [0, 0.05) is 21.6 Å². The fourth-order valence-electron chi connectivity index (χ4n) is 4.01. The average molecular weight is 394 g/mol. The summed E-state index contributed by atoms with van der Waals surface area (Å²) in [7, 11) is 0. The predicted octanol–water partition coefficient (Wildman–Crippen LogP) is 7.01. The first-order valence-corrected chi connectivity index (χ1v) is 9.76. The van der Waals surface area contributed by atoms with Crippen molar-refractivity contribution in [1.82, 2.24) is 4.98 Å². The van der Waals surface area contributed by atoms with Crippen LogP contribution in [0.25, 0.3) is 22.0 Å². The zero-order valence-corrected chi connectivity index (χ0v) is 16.9. The molecule has 0 saturated heterocycles. The predicted molar refractivity (Wildman–Crippen MR) is 110 cm³/mol. The maximum absolute atomic E-state index is 4.73. The number of pyridine rings is 1. The number of rotatable bonds is 1. The lowest BCUT2D eigenvalue weighted by Gasteiger charge is -2.42. The Morgan fingerprint density at radius 2 is 1.48 bits per heavy atom. The van der Waals surface area contributed by atoms with Crippen LogP contribution >= 0.6 is 15.9 Å². The van der Waals surface area contributed by atoms with Gasteiger partial charge in [-0.3, -0.25) is 4.98 Å². The van der Waals surface area contributed by atoms with Crippen molar-refractivity contribution in [3.63, 3.8) is 0 Å². The Balaban J connectivity index is 1.92. The van der Waals surface area contributed by atoms with Crippen molar-refractivity contribution in [1.29, 1.82) is 0 Å². The second-order valence-corrected chi connectivity index (χ2v) is 9.51. The molecule has 1 aromatic heterocycles. The smallest absolute Gasteiger partial charge is 0.0708 e. The molecule has 0 N–H and O–H groups in total. The van der Waals surface area contributed by atoms with Crippen molar-refractivity contribution in [2.45, 2.75) is 51.4 Å². The molecule has 0 bridgehead atoms. The van der Waals surface area contributed by atoms with Crippen LogP contribution in [0.3, 0.4) is 0 Å². The lowest BCUT2D eigenvalue weighted by Crippen LogP contribution is -2.33. The number of nitrogens with zero attached hydrogens (tertiary/aromatic N) is 1. The van der Waals surface area contributed by atoms with E-state index in [2.05, 4.69) is 80.0 Å². The summed E-state index contributed by atoms with van der Waals surface area (Å²) in [4.78, 5) is 4.73. The summed E-state index contributed by atoms with van der Waals surface area (Å²) in [6.45, 7) is 9.50. The molecule has 0 radical (unpaired) electrons. The normalized spacial score (nSPS) is 18.1. The van der Waals surface area contributed by atoms with E-state index in [1.807, 2.05) is 12.3 Å². The van der Waals surface area contributed by atoms with Crippen molar-refractivity contribution in [2.24, 2.45) is 0 Å². The number of aromatic nitrogens is 1. The average Bonchev–Trinajstić information content (AvgIpc) is 2.57. The van der Waals surface area contributed by atoms with Gasteiger partial charge in [-0.1, -0.05) is 61.8 Å². The van der Waals surface area contributed by atoms with Gasteiger partial charge in [0.25, 0.3) is 0 Å². The Morgan fingerprint density at radius 3 is 2.12 bits per heavy atom. The van der Waals surface area contributed by atoms with Crippen LogP contribution in [0.4, 0.5) is 0 Å². The van der Waals surface area contributed by atoms with Gasteiger partial charge >= 0.3 is 0 Å². The SMILES string of the molecule is CC1(C)CCC(C)(C)c2cc3cc(-c4cccc(Br)c4)ncc3cc21. The first kappa shape index (κ1) is 16.8. The molecule has 0 aliphatic heterocycles. The van der Waals surface area contributed by atoms with E-state index in [0.717, 1.165) is 15.7 Å². The van der Waals surface area contributed by atoms with Crippen LogP contribution in [0, 0.1) is 0 Å². The van der Waals surface area contributed by atoms with Gasteiger partial charge in [-0.25, -0.2) is 0 Å². The van der Waals surface area contributed by atoms with Crippen LogP contribution in [0.1, 0.15) is 51.7 Å². The van der Waals surface area contributed by atoms with E-state index in [-0.39, 0.29) is 10.8 Å². The third-order valence-corrected chi connectivity index (χ3v) is 6.31. The van der Waals surface area contributed by atoms with Crippen LogP contribution in [0.5, 0.6) is 0 Å². The van der Waals surface area contributed by atoms with Crippen LogP contribution in [0.2, 0.25) is 0 Å². The quantitative estimate of drug-likeness (QED) is 0.432. The molecule has 25 heavy (non-hydrogen) atoms. The molecule has 3 aromatic rings. The molecule has 1 aliphatic carbocycles. The first-order chi connectivity index (χ1) is 11.8. The number of halogens is 1. The summed E-state index contributed by atoms with van der Waals surface area (Å²) in [6, 6.07) is 15.4. The highest BCUT2D eigenvalue weighted by molar-refractivity contribution is 9.10. The van der Waals surface area contributed by atoms with Gasteiger partial charge in [0.15, 0.2) is 0 Å². The highest BCUT2D eigenvalue weighted by Gasteiger charge is 2.37. The summed E-state index contributed by atoms with van der Waals surface area (Å²) in [6.07, 6.45) is 4.51. The lowest BCUT2D eigenvalue weighted by atomic mass is 9.63. The van der Waals surface area contributed by atoms with E-state index in [9.17, 15) is 0 Å². The molecule has 2 heteroatoms. The summed E-state index contributed by atoms with van der Waals surface area (Å²) < 4.78 is 1.08. The molecule has 0 spiro atoms. The third kappa shape index (κ3) is 2.91. The molecule has 0 amide bonds. The number of benzene rings is 2. The van der Waals surface area contributed by atoms with Gasteiger partial charge in [0.1, 0.15) is 0 Å². The summed E-state index contributed by atoms with van der Waals surface area (Å²) >= 11 is 3.56. The monoisotopic (exact) mass is 393 g/mol. The topological polar surface area (TPSA) is 12.9 Å². The third-order valence-electron chi connectivity index (χ3n) is 5.81. The van der Waals surface area contributed by atoms with E-state index in [0.29, 0.717) is 0 Å². The lowest BCUT2D eigenvalue weighted by molar-refractivity contribution is 0.332.